The van der Waals surface area contributed by atoms with E-state index in [2.05, 4.69) is 151 Å². The van der Waals surface area contributed by atoms with Crippen LogP contribution in [0.4, 0.5) is 0 Å². The molecule has 6 aromatic rings. The van der Waals surface area contributed by atoms with Crippen molar-refractivity contribution in [1.29, 1.82) is 0 Å². The summed E-state index contributed by atoms with van der Waals surface area (Å²) in [5.74, 6) is 1.02. The summed E-state index contributed by atoms with van der Waals surface area (Å²) in [6.07, 6.45) is 12.9. The maximum absolute atomic E-state index is 6.33. The number of ether oxygens (including phenoxy) is 1. The smallest absolute Gasteiger partial charge is 0.123 e. The minimum absolute atomic E-state index is 0.0996. The third kappa shape index (κ3) is 4.05. The molecule has 1 aliphatic rings. The van der Waals surface area contributed by atoms with E-state index in [1.165, 1.54) is 32.8 Å². The highest BCUT2D eigenvalue weighted by Gasteiger charge is 2.20. The van der Waals surface area contributed by atoms with Crippen molar-refractivity contribution in [1.82, 2.24) is 9.13 Å². The van der Waals surface area contributed by atoms with Crippen LogP contribution in [0.2, 0.25) is 0 Å². The van der Waals surface area contributed by atoms with Crippen molar-refractivity contribution in [3.05, 3.63) is 139 Å². The van der Waals surface area contributed by atoms with Crippen LogP contribution in [-0.2, 0) is 0 Å². The number of aromatic nitrogens is 2. The Morgan fingerprint density at radius 3 is 2.10 bits per heavy atom. The van der Waals surface area contributed by atoms with Gasteiger partial charge in [0, 0.05) is 44.6 Å². The molecule has 41 heavy (non-hydrogen) atoms. The van der Waals surface area contributed by atoms with Crippen LogP contribution in [0.5, 0.6) is 5.75 Å². The lowest BCUT2D eigenvalue weighted by Crippen LogP contribution is -2.03. The van der Waals surface area contributed by atoms with Gasteiger partial charge < -0.3 is 13.9 Å². The second-order valence-corrected chi connectivity index (χ2v) is 10.5. The molecule has 0 N–H and O–H groups in total. The van der Waals surface area contributed by atoms with Gasteiger partial charge in [0.2, 0.25) is 0 Å². The van der Waals surface area contributed by atoms with Crippen LogP contribution in [0.15, 0.2) is 122 Å². The second-order valence-electron chi connectivity index (χ2n) is 10.5. The molecule has 0 saturated heterocycles. The highest BCUT2D eigenvalue weighted by atomic mass is 16.5. The van der Waals surface area contributed by atoms with Crippen LogP contribution >= 0.6 is 0 Å². The summed E-state index contributed by atoms with van der Waals surface area (Å²) in [7, 11) is 0. The zero-order chi connectivity index (χ0) is 27.9. The standard InChI is InChI=1S/C38H32N2O/c1-4-13-34-29(5-2)30-15-6-9-18-35(30)39(34)27-14-12-23-41-38-22-21-28(25-33(38)26(3)24-27)40-36-19-10-7-16-31(36)32-17-8-11-20-37(32)40/h4-22,24-26H,2,23H2,1,3H3/b13-4-,14-12-,27-24+. The van der Waals surface area contributed by atoms with Gasteiger partial charge in [-0.25, -0.2) is 0 Å². The average molecular weight is 533 g/mol. The first-order valence-corrected chi connectivity index (χ1v) is 14.2. The topological polar surface area (TPSA) is 19.1 Å². The molecule has 3 nitrogen and oxygen atoms in total. The zero-order valence-electron chi connectivity index (χ0n) is 23.4. The van der Waals surface area contributed by atoms with Crippen molar-refractivity contribution in [2.45, 2.75) is 19.8 Å². The first-order valence-electron chi connectivity index (χ1n) is 14.2. The number of hydrogen-bond donors (Lipinski definition) is 0. The fraction of sp³-hybridized carbons (Fsp3) is 0.105. The molecule has 0 spiro atoms. The molecule has 200 valence electrons. The lowest BCUT2D eigenvalue weighted by molar-refractivity contribution is 0.358. The number of allylic oxidation sites excluding steroid dienone is 4. The highest BCUT2D eigenvalue weighted by Crippen LogP contribution is 2.38. The number of fused-ring (bicyclic) bond motifs is 5. The fourth-order valence-corrected chi connectivity index (χ4v) is 6.32. The normalized spacial score (nSPS) is 17.5. The summed E-state index contributed by atoms with van der Waals surface area (Å²) in [6.45, 7) is 8.96. The zero-order valence-corrected chi connectivity index (χ0v) is 23.4. The molecule has 0 bridgehead atoms. The van der Waals surface area contributed by atoms with Gasteiger partial charge >= 0.3 is 0 Å². The van der Waals surface area contributed by atoms with Gasteiger partial charge in [-0.15, -0.1) is 0 Å². The fourth-order valence-electron chi connectivity index (χ4n) is 6.32. The Balaban J connectivity index is 1.42. The minimum atomic E-state index is 0.0996. The predicted molar refractivity (Wildman–Crippen MR) is 175 cm³/mol. The molecule has 3 heterocycles. The molecule has 2 aromatic heterocycles. The Bertz CT molecular complexity index is 1990. The molecule has 0 amide bonds. The number of para-hydroxylation sites is 3. The van der Waals surface area contributed by atoms with E-state index in [1.807, 2.05) is 6.08 Å². The monoisotopic (exact) mass is 532 g/mol. The van der Waals surface area contributed by atoms with Gasteiger partial charge in [0.05, 0.1) is 22.2 Å². The van der Waals surface area contributed by atoms with Crippen molar-refractivity contribution in [3.8, 4) is 11.4 Å². The predicted octanol–water partition coefficient (Wildman–Crippen LogP) is 10.0. The summed E-state index contributed by atoms with van der Waals surface area (Å²) in [6, 6.07) is 32.4. The molecule has 0 fully saturated rings. The SMILES string of the molecule is C=Cc1c(/C=C\C)n(C2=C/C(C)c3cc(-n4c5ccccc5c5ccccc54)ccc3OC/C=C\2)c2ccccc12. The highest BCUT2D eigenvalue weighted by molar-refractivity contribution is 6.09. The Hall–Kier alpha value is -5.02. The van der Waals surface area contributed by atoms with Crippen LogP contribution in [0.25, 0.3) is 56.2 Å². The van der Waals surface area contributed by atoms with Gasteiger partial charge in [-0.3, -0.25) is 0 Å². The van der Waals surface area contributed by atoms with Crippen LogP contribution < -0.4 is 4.74 Å². The number of nitrogens with zero attached hydrogens (tertiary/aromatic N) is 2. The van der Waals surface area contributed by atoms with E-state index in [0.29, 0.717) is 6.61 Å². The van der Waals surface area contributed by atoms with Crippen molar-refractivity contribution < 1.29 is 4.74 Å². The lowest BCUT2D eigenvalue weighted by Gasteiger charge is -2.18. The third-order valence-electron chi connectivity index (χ3n) is 8.11. The maximum atomic E-state index is 6.33. The second kappa shape index (κ2) is 10.2. The van der Waals surface area contributed by atoms with Gasteiger partial charge in [0.25, 0.3) is 0 Å². The van der Waals surface area contributed by atoms with E-state index in [1.54, 1.807) is 0 Å². The molecular weight excluding hydrogens is 500 g/mol. The minimum Gasteiger partial charge on any atom is -0.489 e. The number of hydrogen-bond acceptors (Lipinski definition) is 1. The molecule has 0 saturated carbocycles. The molecule has 1 unspecified atom stereocenters. The summed E-state index contributed by atoms with van der Waals surface area (Å²) in [5, 5.41) is 3.72. The van der Waals surface area contributed by atoms with Gasteiger partial charge in [0.15, 0.2) is 0 Å². The van der Waals surface area contributed by atoms with E-state index in [4.69, 9.17) is 4.74 Å². The Morgan fingerprint density at radius 1 is 0.805 bits per heavy atom. The summed E-state index contributed by atoms with van der Waals surface area (Å²) < 4.78 is 11.0. The number of rotatable bonds is 4. The quantitative estimate of drug-likeness (QED) is 0.221. The largest absolute Gasteiger partial charge is 0.489 e. The van der Waals surface area contributed by atoms with Gasteiger partial charge in [-0.2, -0.15) is 0 Å². The van der Waals surface area contributed by atoms with E-state index in [-0.39, 0.29) is 5.92 Å². The summed E-state index contributed by atoms with van der Waals surface area (Å²) in [5.41, 5.74) is 9.26. The Kier molecular flexibility index (Phi) is 6.20. The van der Waals surface area contributed by atoms with Crippen molar-refractivity contribution in [2.24, 2.45) is 0 Å². The van der Waals surface area contributed by atoms with Crippen LogP contribution in [0, 0.1) is 0 Å². The van der Waals surface area contributed by atoms with E-state index < -0.39 is 0 Å². The van der Waals surface area contributed by atoms with Crippen molar-refractivity contribution in [3.63, 3.8) is 0 Å². The molecular formula is C38H32N2O. The average Bonchev–Trinajstić information content (AvgIpc) is 3.53. The van der Waals surface area contributed by atoms with Crippen LogP contribution in [-0.4, -0.2) is 15.7 Å². The molecule has 0 aliphatic carbocycles. The van der Waals surface area contributed by atoms with Crippen LogP contribution in [0.1, 0.15) is 36.6 Å². The van der Waals surface area contributed by atoms with Crippen LogP contribution in [0.3, 0.4) is 0 Å². The third-order valence-corrected chi connectivity index (χ3v) is 8.11. The van der Waals surface area contributed by atoms with Crippen molar-refractivity contribution in [2.75, 3.05) is 6.61 Å². The Labute approximate surface area is 240 Å². The number of benzene rings is 4. The molecule has 0 radical (unpaired) electrons. The van der Waals surface area contributed by atoms with E-state index in [0.717, 1.165) is 33.9 Å². The van der Waals surface area contributed by atoms with Gasteiger partial charge in [0.1, 0.15) is 12.4 Å². The Morgan fingerprint density at radius 2 is 1.44 bits per heavy atom. The molecule has 3 heteroatoms. The van der Waals surface area contributed by atoms with E-state index in [9.17, 15) is 0 Å². The maximum Gasteiger partial charge on any atom is 0.123 e. The van der Waals surface area contributed by atoms with E-state index >= 15 is 0 Å². The lowest BCUT2D eigenvalue weighted by atomic mass is 9.97. The summed E-state index contributed by atoms with van der Waals surface area (Å²) >= 11 is 0. The molecule has 1 aliphatic heterocycles. The molecule has 4 aromatic carbocycles. The first-order chi connectivity index (χ1) is 20.2. The van der Waals surface area contributed by atoms with Gasteiger partial charge in [-0.1, -0.05) is 86.3 Å². The molecule has 7 rings (SSSR count). The molecule has 1 atom stereocenters. The van der Waals surface area contributed by atoms with Crippen molar-refractivity contribution >= 4 is 50.6 Å². The first kappa shape index (κ1) is 25.0. The summed E-state index contributed by atoms with van der Waals surface area (Å²) in [4.78, 5) is 0. The van der Waals surface area contributed by atoms with Gasteiger partial charge in [-0.05, 0) is 61.5 Å².